The molecule has 4 nitrogen and oxygen atoms in total. The minimum Gasteiger partial charge on any atom is -0.334 e. The van der Waals surface area contributed by atoms with Crippen LogP contribution in [0.5, 0.6) is 0 Å². The van der Waals surface area contributed by atoms with Crippen molar-refractivity contribution in [3.05, 3.63) is 81.8 Å². The van der Waals surface area contributed by atoms with Gasteiger partial charge < -0.3 is 4.90 Å². The molecule has 0 N–H and O–H groups in total. The van der Waals surface area contributed by atoms with Crippen LogP contribution in [0, 0.1) is 0 Å². The Hall–Kier alpha value is -2.08. The van der Waals surface area contributed by atoms with Gasteiger partial charge in [-0.1, -0.05) is 71.7 Å². The maximum absolute atomic E-state index is 13.4. The molecule has 0 radical (unpaired) electrons. The Labute approximate surface area is 186 Å². The van der Waals surface area contributed by atoms with E-state index in [-0.39, 0.29) is 36.4 Å². The van der Waals surface area contributed by atoms with Gasteiger partial charge in [0.15, 0.2) is 9.84 Å². The lowest BCUT2D eigenvalue weighted by atomic mass is 10.0. The fraction of sp³-hybridized carbons (Fsp3) is 0.261. The number of sulfone groups is 1. The van der Waals surface area contributed by atoms with E-state index in [2.05, 4.69) is 0 Å². The normalized spacial score (nSPS) is 17.9. The van der Waals surface area contributed by atoms with Crippen molar-refractivity contribution in [2.45, 2.75) is 25.4 Å². The summed E-state index contributed by atoms with van der Waals surface area (Å²) in [7, 11) is -3.14. The van der Waals surface area contributed by atoms with Crippen molar-refractivity contribution in [2.75, 3.05) is 11.5 Å². The van der Waals surface area contributed by atoms with Gasteiger partial charge in [0.05, 0.1) is 17.9 Å². The number of halogens is 2. The first-order valence-electron chi connectivity index (χ1n) is 9.73. The Balaban J connectivity index is 1.65. The van der Waals surface area contributed by atoms with Crippen LogP contribution in [-0.2, 0) is 27.6 Å². The van der Waals surface area contributed by atoms with Crippen LogP contribution in [0.2, 0.25) is 10.0 Å². The number of hydrogen-bond acceptors (Lipinski definition) is 3. The number of carbonyl (C=O) groups is 1. The standard InChI is InChI=1S/C23H21Cl2NO3S/c24-19-9-8-18(22(25)13-19)14-26(20-10-11-30(28,29)15-20)23(27)12-17-6-3-5-16-4-1-2-7-21(16)17/h1-9,13,20H,10-12,14-15H2. The van der Waals surface area contributed by atoms with Crippen molar-refractivity contribution in [3.63, 3.8) is 0 Å². The third-order valence-corrected chi connectivity index (χ3v) is 7.88. The maximum atomic E-state index is 13.4. The summed E-state index contributed by atoms with van der Waals surface area (Å²) in [5.41, 5.74) is 1.67. The molecule has 3 aromatic carbocycles. The highest BCUT2D eigenvalue weighted by Crippen LogP contribution is 2.27. The highest BCUT2D eigenvalue weighted by molar-refractivity contribution is 7.91. The minimum atomic E-state index is -3.14. The van der Waals surface area contributed by atoms with Gasteiger partial charge in [0.1, 0.15) is 0 Å². The van der Waals surface area contributed by atoms with Crippen LogP contribution in [0.3, 0.4) is 0 Å². The van der Waals surface area contributed by atoms with E-state index >= 15 is 0 Å². The lowest BCUT2D eigenvalue weighted by Crippen LogP contribution is -2.41. The van der Waals surface area contributed by atoms with E-state index in [1.165, 1.54) is 0 Å². The Morgan fingerprint density at radius 1 is 1.00 bits per heavy atom. The number of rotatable bonds is 5. The van der Waals surface area contributed by atoms with Gasteiger partial charge in [-0.15, -0.1) is 0 Å². The number of nitrogens with zero attached hydrogens (tertiary/aromatic N) is 1. The minimum absolute atomic E-state index is 0.0144. The first-order valence-corrected chi connectivity index (χ1v) is 12.3. The van der Waals surface area contributed by atoms with Crippen molar-refractivity contribution >= 4 is 49.7 Å². The molecule has 156 valence electrons. The van der Waals surface area contributed by atoms with Gasteiger partial charge in [0.25, 0.3) is 0 Å². The van der Waals surface area contributed by atoms with Crippen molar-refractivity contribution in [3.8, 4) is 0 Å². The summed E-state index contributed by atoms with van der Waals surface area (Å²) in [5.74, 6) is -0.0247. The molecule has 1 amide bonds. The lowest BCUT2D eigenvalue weighted by Gasteiger charge is -2.29. The molecular weight excluding hydrogens is 441 g/mol. The molecule has 1 atom stereocenters. The second-order valence-corrected chi connectivity index (χ2v) is 10.7. The van der Waals surface area contributed by atoms with E-state index in [0.29, 0.717) is 16.5 Å². The van der Waals surface area contributed by atoms with Crippen LogP contribution < -0.4 is 0 Å². The monoisotopic (exact) mass is 461 g/mol. The summed E-state index contributed by atoms with van der Waals surface area (Å²) in [6, 6.07) is 18.6. The zero-order valence-corrected chi connectivity index (χ0v) is 18.6. The predicted octanol–water partition coefficient (Wildman–Crippen LogP) is 4.91. The number of carbonyl (C=O) groups excluding carboxylic acids is 1. The summed E-state index contributed by atoms with van der Waals surface area (Å²) in [6.07, 6.45) is 0.637. The molecule has 1 aliphatic rings. The molecule has 1 unspecified atom stereocenters. The molecule has 30 heavy (non-hydrogen) atoms. The van der Waals surface area contributed by atoms with Crippen LogP contribution in [-0.4, -0.2) is 36.8 Å². The molecule has 0 spiro atoms. The summed E-state index contributed by atoms with van der Waals surface area (Å²) < 4.78 is 24.2. The van der Waals surface area contributed by atoms with E-state index in [0.717, 1.165) is 21.9 Å². The number of benzene rings is 3. The average Bonchev–Trinajstić information content (AvgIpc) is 3.07. The Bertz CT molecular complexity index is 1200. The molecule has 0 saturated carbocycles. The fourth-order valence-corrected chi connectivity index (χ4v) is 6.19. The van der Waals surface area contributed by atoms with Gasteiger partial charge in [0, 0.05) is 22.6 Å². The summed E-state index contributed by atoms with van der Waals surface area (Å²) >= 11 is 12.3. The van der Waals surface area contributed by atoms with Crippen LogP contribution in [0.4, 0.5) is 0 Å². The van der Waals surface area contributed by atoms with Gasteiger partial charge in [-0.25, -0.2) is 8.42 Å². The van der Waals surface area contributed by atoms with Crippen molar-refractivity contribution in [1.29, 1.82) is 0 Å². The molecule has 0 aromatic heterocycles. The largest absolute Gasteiger partial charge is 0.334 e. The molecule has 3 aromatic rings. The highest BCUT2D eigenvalue weighted by Gasteiger charge is 2.35. The van der Waals surface area contributed by atoms with Crippen molar-refractivity contribution in [1.82, 2.24) is 4.90 Å². The van der Waals surface area contributed by atoms with Gasteiger partial charge in [-0.3, -0.25) is 4.79 Å². The lowest BCUT2D eigenvalue weighted by molar-refractivity contribution is -0.133. The van der Waals surface area contributed by atoms with Gasteiger partial charge in [0.2, 0.25) is 5.91 Å². The van der Waals surface area contributed by atoms with E-state index in [9.17, 15) is 13.2 Å². The third-order valence-electron chi connectivity index (χ3n) is 5.55. The Kier molecular flexibility index (Phi) is 6.05. The molecule has 1 heterocycles. The first kappa shape index (κ1) is 21.2. The van der Waals surface area contributed by atoms with E-state index < -0.39 is 9.84 Å². The summed E-state index contributed by atoms with van der Waals surface area (Å²) in [4.78, 5) is 15.1. The van der Waals surface area contributed by atoms with Crippen LogP contribution >= 0.6 is 23.2 Å². The van der Waals surface area contributed by atoms with Crippen LogP contribution in [0.1, 0.15) is 17.5 Å². The smallest absolute Gasteiger partial charge is 0.227 e. The summed E-state index contributed by atoms with van der Waals surface area (Å²) in [6.45, 7) is 0.250. The van der Waals surface area contributed by atoms with E-state index in [4.69, 9.17) is 23.2 Å². The fourth-order valence-electron chi connectivity index (χ4n) is 3.99. The molecule has 1 fully saturated rings. The topological polar surface area (TPSA) is 54.5 Å². The molecule has 4 rings (SSSR count). The molecule has 0 bridgehead atoms. The maximum Gasteiger partial charge on any atom is 0.227 e. The molecule has 1 saturated heterocycles. The Morgan fingerprint density at radius 3 is 2.50 bits per heavy atom. The summed E-state index contributed by atoms with van der Waals surface area (Å²) in [5, 5.41) is 3.07. The number of fused-ring (bicyclic) bond motifs is 1. The zero-order valence-electron chi connectivity index (χ0n) is 16.2. The van der Waals surface area contributed by atoms with E-state index in [1.54, 1.807) is 23.1 Å². The number of hydrogen-bond donors (Lipinski definition) is 0. The predicted molar refractivity (Wildman–Crippen MR) is 122 cm³/mol. The zero-order chi connectivity index (χ0) is 21.3. The van der Waals surface area contributed by atoms with Gasteiger partial charge >= 0.3 is 0 Å². The van der Waals surface area contributed by atoms with Crippen LogP contribution in [0.15, 0.2) is 60.7 Å². The Morgan fingerprint density at radius 2 is 1.77 bits per heavy atom. The van der Waals surface area contributed by atoms with Gasteiger partial charge in [-0.05, 0) is 40.5 Å². The molecule has 7 heteroatoms. The molecule has 1 aliphatic heterocycles. The average molecular weight is 462 g/mol. The second kappa shape index (κ2) is 8.58. The van der Waals surface area contributed by atoms with E-state index in [1.807, 2.05) is 42.5 Å². The van der Waals surface area contributed by atoms with Crippen LogP contribution in [0.25, 0.3) is 10.8 Å². The molecule has 0 aliphatic carbocycles. The van der Waals surface area contributed by atoms with Gasteiger partial charge in [-0.2, -0.15) is 0 Å². The van der Waals surface area contributed by atoms with Crippen molar-refractivity contribution in [2.24, 2.45) is 0 Å². The third kappa shape index (κ3) is 4.64. The first-order chi connectivity index (χ1) is 14.3. The quantitative estimate of drug-likeness (QED) is 0.542. The van der Waals surface area contributed by atoms with Crippen molar-refractivity contribution < 1.29 is 13.2 Å². The molecular formula is C23H21Cl2NO3S. The second-order valence-electron chi connectivity index (χ2n) is 7.63. The highest BCUT2D eigenvalue weighted by atomic mass is 35.5. The number of amides is 1. The SMILES string of the molecule is O=C(Cc1cccc2ccccc12)N(Cc1ccc(Cl)cc1Cl)C1CCS(=O)(=O)C1.